The number of likely N-dealkylation sites (N-methyl/N-ethyl adjacent to an activating group) is 1. The average Bonchev–Trinajstić information content (AvgIpc) is 2.19. The van der Waals surface area contributed by atoms with Crippen LogP contribution in [-0.4, -0.2) is 49.8 Å². The van der Waals surface area contributed by atoms with Gasteiger partial charge in [-0.05, 0) is 47.2 Å². The summed E-state index contributed by atoms with van der Waals surface area (Å²) in [6.07, 6.45) is 4.05. The Labute approximate surface area is 101 Å². The van der Waals surface area contributed by atoms with Gasteiger partial charge >= 0.3 is 0 Å². The maximum Gasteiger partial charge on any atom is 0.0600 e. The number of nitrogens with zero attached hydrogens (tertiary/aromatic N) is 1. The quantitative estimate of drug-likeness (QED) is 0.777. The minimum atomic E-state index is -0.00566. The summed E-state index contributed by atoms with van der Waals surface area (Å²) in [7, 11) is 2.04. The molecule has 0 aliphatic carbocycles. The third kappa shape index (κ3) is 5.28. The smallest absolute Gasteiger partial charge is 0.0600 e. The summed E-state index contributed by atoms with van der Waals surface area (Å²) in [6.45, 7) is 10.6. The van der Waals surface area contributed by atoms with E-state index >= 15 is 0 Å². The Morgan fingerprint density at radius 1 is 1.31 bits per heavy atom. The second kappa shape index (κ2) is 6.58. The predicted octanol–water partition coefficient (Wildman–Crippen LogP) is 1.88. The van der Waals surface area contributed by atoms with Crippen molar-refractivity contribution in [3.05, 3.63) is 0 Å². The number of nitrogens with one attached hydrogen (secondary N) is 1. The first kappa shape index (κ1) is 13.9. The normalized spacial score (nSPS) is 23.6. The highest BCUT2D eigenvalue weighted by atomic mass is 16.5. The molecule has 1 aliphatic heterocycles. The molecule has 1 aliphatic rings. The van der Waals surface area contributed by atoms with Crippen molar-refractivity contribution in [2.75, 3.05) is 33.3 Å². The summed E-state index contributed by atoms with van der Waals surface area (Å²) in [5.41, 5.74) is -0.00566. The second-order valence-corrected chi connectivity index (χ2v) is 5.70. The van der Waals surface area contributed by atoms with E-state index in [2.05, 4.69) is 31.0 Å². The van der Waals surface area contributed by atoms with E-state index in [1.807, 2.05) is 7.05 Å². The van der Waals surface area contributed by atoms with Gasteiger partial charge in [0, 0.05) is 19.1 Å². The molecule has 0 bridgehead atoms. The van der Waals surface area contributed by atoms with E-state index in [0.717, 1.165) is 19.7 Å². The van der Waals surface area contributed by atoms with Crippen LogP contribution in [0.25, 0.3) is 0 Å². The van der Waals surface area contributed by atoms with E-state index in [0.29, 0.717) is 6.04 Å². The van der Waals surface area contributed by atoms with Gasteiger partial charge in [-0.3, -0.25) is 4.90 Å². The zero-order valence-electron chi connectivity index (χ0n) is 11.4. The first-order valence-corrected chi connectivity index (χ1v) is 6.55. The Hall–Kier alpha value is -0.120. The van der Waals surface area contributed by atoms with Crippen molar-refractivity contribution in [1.29, 1.82) is 0 Å². The summed E-state index contributed by atoms with van der Waals surface area (Å²) in [5.74, 6) is 0. The third-order valence-electron chi connectivity index (χ3n) is 3.10. The van der Waals surface area contributed by atoms with Crippen LogP contribution >= 0.6 is 0 Å². The van der Waals surface area contributed by atoms with Gasteiger partial charge in [0.05, 0.1) is 12.2 Å². The fourth-order valence-electron chi connectivity index (χ4n) is 2.29. The van der Waals surface area contributed by atoms with E-state index in [1.54, 1.807) is 0 Å². The Kier molecular flexibility index (Phi) is 5.73. The van der Waals surface area contributed by atoms with Crippen LogP contribution in [0.4, 0.5) is 0 Å². The van der Waals surface area contributed by atoms with Crippen molar-refractivity contribution >= 4 is 0 Å². The maximum atomic E-state index is 5.80. The van der Waals surface area contributed by atoms with Gasteiger partial charge < -0.3 is 10.1 Å². The van der Waals surface area contributed by atoms with Crippen molar-refractivity contribution in [2.45, 2.75) is 51.7 Å². The summed E-state index contributed by atoms with van der Waals surface area (Å²) >= 11 is 0. The molecule has 16 heavy (non-hydrogen) atoms. The van der Waals surface area contributed by atoms with E-state index in [-0.39, 0.29) is 5.60 Å². The molecule has 1 saturated heterocycles. The van der Waals surface area contributed by atoms with Crippen LogP contribution in [0.3, 0.4) is 0 Å². The molecule has 0 spiro atoms. The van der Waals surface area contributed by atoms with Crippen molar-refractivity contribution in [1.82, 2.24) is 10.2 Å². The minimum absolute atomic E-state index is 0.00566. The minimum Gasteiger partial charge on any atom is -0.375 e. The molecule has 1 heterocycles. The third-order valence-corrected chi connectivity index (χ3v) is 3.10. The van der Waals surface area contributed by atoms with Crippen LogP contribution in [0.1, 0.15) is 40.0 Å². The van der Waals surface area contributed by atoms with Crippen LogP contribution in [-0.2, 0) is 4.74 Å². The van der Waals surface area contributed by atoms with Crippen LogP contribution < -0.4 is 5.32 Å². The van der Waals surface area contributed by atoms with Gasteiger partial charge in [-0.15, -0.1) is 0 Å². The molecule has 3 nitrogen and oxygen atoms in total. The van der Waals surface area contributed by atoms with Crippen molar-refractivity contribution < 1.29 is 4.74 Å². The summed E-state index contributed by atoms with van der Waals surface area (Å²) in [5, 5.41) is 3.29. The van der Waals surface area contributed by atoms with Gasteiger partial charge in [0.2, 0.25) is 0 Å². The van der Waals surface area contributed by atoms with Crippen LogP contribution in [0.5, 0.6) is 0 Å². The largest absolute Gasteiger partial charge is 0.375 e. The monoisotopic (exact) mass is 228 g/mol. The molecule has 0 aromatic rings. The molecule has 0 radical (unpaired) electrons. The van der Waals surface area contributed by atoms with Crippen LogP contribution in [0.15, 0.2) is 0 Å². The standard InChI is InChI=1S/C13H28N2O/c1-13(2,3)16-10-9-15-8-6-5-7-12(15)11-14-4/h12,14H,5-11H2,1-4H3. The zero-order chi connectivity index (χ0) is 12.0. The summed E-state index contributed by atoms with van der Waals surface area (Å²) < 4.78 is 5.80. The number of hydrogen-bond acceptors (Lipinski definition) is 3. The fraction of sp³-hybridized carbons (Fsp3) is 1.00. The highest BCUT2D eigenvalue weighted by Gasteiger charge is 2.21. The molecule has 0 aromatic heterocycles. The molecule has 1 rings (SSSR count). The van der Waals surface area contributed by atoms with Crippen LogP contribution in [0.2, 0.25) is 0 Å². The van der Waals surface area contributed by atoms with Crippen molar-refractivity contribution in [3.8, 4) is 0 Å². The molecule has 0 aromatic carbocycles. The molecule has 96 valence electrons. The van der Waals surface area contributed by atoms with Gasteiger partial charge in [0.25, 0.3) is 0 Å². The molecule has 1 atom stereocenters. The van der Waals surface area contributed by atoms with Gasteiger partial charge in [-0.25, -0.2) is 0 Å². The molecule has 1 fully saturated rings. The second-order valence-electron chi connectivity index (χ2n) is 5.70. The number of hydrogen-bond donors (Lipinski definition) is 1. The molecule has 1 N–H and O–H groups in total. The van der Waals surface area contributed by atoms with E-state index in [9.17, 15) is 0 Å². The predicted molar refractivity (Wildman–Crippen MR) is 68.8 cm³/mol. The Morgan fingerprint density at radius 3 is 2.69 bits per heavy atom. The summed E-state index contributed by atoms with van der Waals surface area (Å²) in [6, 6.07) is 0.710. The highest BCUT2D eigenvalue weighted by molar-refractivity contribution is 4.78. The van der Waals surface area contributed by atoms with Crippen molar-refractivity contribution in [2.24, 2.45) is 0 Å². The lowest BCUT2D eigenvalue weighted by atomic mass is 10.0. The first-order valence-electron chi connectivity index (χ1n) is 6.55. The lowest BCUT2D eigenvalue weighted by Crippen LogP contribution is -2.46. The van der Waals surface area contributed by atoms with Crippen molar-refractivity contribution in [3.63, 3.8) is 0 Å². The molecular formula is C13H28N2O. The van der Waals surface area contributed by atoms with E-state index in [1.165, 1.54) is 25.8 Å². The van der Waals surface area contributed by atoms with Crippen LogP contribution in [0, 0.1) is 0 Å². The number of piperidine rings is 1. The zero-order valence-corrected chi connectivity index (χ0v) is 11.4. The molecule has 0 amide bonds. The van der Waals surface area contributed by atoms with E-state index < -0.39 is 0 Å². The maximum absolute atomic E-state index is 5.80. The first-order chi connectivity index (χ1) is 7.53. The molecule has 3 heteroatoms. The Balaban J connectivity index is 2.27. The van der Waals surface area contributed by atoms with Gasteiger partial charge in [-0.2, -0.15) is 0 Å². The Bertz CT molecular complexity index is 187. The number of likely N-dealkylation sites (tertiary alicyclic amines) is 1. The number of ether oxygens (including phenoxy) is 1. The molecule has 0 saturated carbocycles. The van der Waals surface area contributed by atoms with Gasteiger partial charge in [0.1, 0.15) is 0 Å². The van der Waals surface area contributed by atoms with E-state index in [4.69, 9.17) is 4.74 Å². The topological polar surface area (TPSA) is 24.5 Å². The van der Waals surface area contributed by atoms with Gasteiger partial charge in [-0.1, -0.05) is 6.42 Å². The fourth-order valence-corrected chi connectivity index (χ4v) is 2.29. The summed E-state index contributed by atoms with van der Waals surface area (Å²) in [4.78, 5) is 2.58. The SMILES string of the molecule is CNCC1CCCCN1CCOC(C)(C)C. The average molecular weight is 228 g/mol. The molecule has 1 unspecified atom stereocenters. The lowest BCUT2D eigenvalue weighted by Gasteiger charge is -2.36. The molecular weight excluding hydrogens is 200 g/mol. The highest BCUT2D eigenvalue weighted by Crippen LogP contribution is 2.16. The lowest BCUT2D eigenvalue weighted by molar-refractivity contribution is -0.0208. The number of rotatable bonds is 5. The van der Waals surface area contributed by atoms with Gasteiger partial charge in [0.15, 0.2) is 0 Å². The Morgan fingerprint density at radius 2 is 2.06 bits per heavy atom.